The molecule has 8 rings (SSSR count). The Balaban J connectivity index is 0.764. The topological polar surface area (TPSA) is 191 Å². The van der Waals surface area contributed by atoms with Crippen molar-refractivity contribution < 1.29 is 51.3 Å². The molecule has 1 spiro atoms. The number of rotatable bonds is 15. The van der Waals surface area contributed by atoms with Crippen molar-refractivity contribution in [3.63, 3.8) is 0 Å². The molecular formula is C53H60F3N7O8S. The van der Waals surface area contributed by atoms with Gasteiger partial charge in [-0.3, -0.25) is 24.1 Å². The zero-order chi connectivity index (χ0) is 52.1. The van der Waals surface area contributed by atoms with Crippen LogP contribution in [0.1, 0.15) is 102 Å². The van der Waals surface area contributed by atoms with Crippen LogP contribution in [0.2, 0.25) is 0 Å². The number of likely N-dealkylation sites (tertiary alicyclic amines) is 1. The van der Waals surface area contributed by atoms with E-state index in [2.05, 4.69) is 15.6 Å². The van der Waals surface area contributed by atoms with E-state index in [1.165, 1.54) is 17.4 Å². The van der Waals surface area contributed by atoms with Gasteiger partial charge in [0.25, 0.3) is 5.91 Å². The van der Waals surface area contributed by atoms with Crippen LogP contribution in [0.3, 0.4) is 0 Å². The summed E-state index contributed by atoms with van der Waals surface area (Å²) in [6.45, 7) is 13.1. The number of β-amino-alcohol motifs (C(OH)–C–C–N with tert-alkyl or cyclic N) is 1. The molecule has 72 heavy (non-hydrogen) atoms. The van der Waals surface area contributed by atoms with Crippen LogP contribution >= 0.6 is 12.2 Å². The Hall–Kier alpha value is -6.36. The van der Waals surface area contributed by atoms with Crippen molar-refractivity contribution in [2.75, 3.05) is 36.2 Å². The molecule has 2 saturated heterocycles. The van der Waals surface area contributed by atoms with Crippen molar-refractivity contribution in [2.24, 2.45) is 22.7 Å². The summed E-state index contributed by atoms with van der Waals surface area (Å²) >= 11 is 5.66. The number of nitriles is 1. The van der Waals surface area contributed by atoms with E-state index in [0.717, 1.165) is 59.5 Å². The molecule has 15 nitrogen and oxygen atoms in total. The first-order valence-corrected chi connectivity index (χ1v) is 24.5. The second-order valence-corrected chi connectivity index (χ2v) is 21.8. The van der Waals surface area contributed by atoms with Gasteiger partial charge in [-0.05, 0) is 136 Å². The minimum absolute atomic E-state index is 0.00677. The Morgan fingerprint density at radius 1 is 0.972 bits per heavy atom. The highest BCUT2D eigenvalue weighted by Gasteiger charge is 2.53. The van der Waals surface area contributed by atoms with Gasteiger partial charge in [0.05, 0.1) is 53.9 Å². The number of hydrogen-bond acceptors (Lipinski definition) is 11. The van der Waals surface area contributed by atoms with Crippen LogP contribution in [0.25, 0.3) is 11.3 Å². The fourth-order valence-electron chi connectivity index (χ4n) is 10.8. The van der Waals surface area contributed by atoms with Crippen molar-refractivity contribution in [3.05, 3.63) is 95.5 Å². The predicted molar refractivity (Wildman–Crippen MR) is 264 cm³/mol. The number of alkyl halides is 3. The maximum absolute atomic E-state index is 14.1. The summed E-state index contributed by atoms with van der Waals surface area (Å²) < 4.78 is 58.8. The fourth-order valence-corrected chi connectivity index (χ4v) is 11.3. The molecule has 4 fully saturated rings. The van der Waals surface area contributed by atoms with E-state index in [0.29, 0.717) is 42.2 Å². The van der Waals surface area contributed by atoms with E-state index < -0.39 is 76.1 Å². The van der Waals surface area contributed by atoms with Crippen molar-refractivity contribution in [1.82, 2.24) is 20.5 Å². The molecule has 3 N–H and O–H groups in total. The minimum Gasteiger partial charge on any atom is -0.493 e. The van der Waals surface area contributed by atoms with Gasteiger partial charge in [-0.2, -0.15) is 18.4 Å². The summed E-state index contributed by atoms with van der Waals surface area (Å²) in [6.07, 6.45) is -0.309. The number of ether oxygens (including phenoxy) is 2. The normalized spacial score (nSPS) is 23.6. The average molecular weight is 1010 g/mol. The monoisotopic (exact) mass is 1010 g/mol. The van der Waals surface area contributed by atoms with Gasteiger partial charge in [0.15, 0.2) is 17.3 Å². The molecule has 4 amide bonds. The van der Waals surface area contributed by atoms with Crippen molar-refractivity contribution in [3.8, 4) is 23.1 Å². The van der Waals surface area contributed by atoms with E-state index in [4.69, 9.17) is 26.1 Å². The molecule has 1 aromatic heterocycles. The standard InChI is InChI=1S/C53H60F3N7O8S/c1-30(34-8-10-35(11-9-34)44-31(2)58-29-71-44)59-46(66)42-19-39(64)25-61(42)47(67)45(50(3,4)5)60-43(65)28-69-26-32-20-52(21-32)22-33(23-52)27-70-40-16-14-37(15-17-40)63-49(72)62(48(68)51(63,6)7)38-13-12-36(24-57)41(18-38)53(54,55)56/h8-18,29-30,32-33,39,42,45,64H,19-23,25-28H2,1-7H3,(H,59,66)(H,60,65)/t30-,32?,33?,39+,42-,45+,52?/m0/s1. The summed E-state index contributed by atoms with van der Waals surface area (Å²) in [5, 5.41) is 25.8. The number of carbonyl (C=O) groups is 4. The second kappa shape index (κ2) is 19.9. The van der Waals surface area contributed by atoms with Gasteiger partial charge in [0.2, 0.25) is 17.7 Å². The Labute approximate surface area is 422 Å². The fraction of sp³-hybridized carbons (Fsp3) is 0.491. The van der Waals surface area contributed by atoms with Crippen molar-refractivity contribution in [1.29, 1.82) is 5.26 Å². The quantitative estimate of drug-likeness (QED) is 0.0974. The molecule has 4 aliphatic rings. The van der Waals surface area contributed by atoms with Gasteiger partial charge in [0, 0.05) is 24.2 Å². The Morgan fingerprint density at radius 2 is 1.61 bits per heavy atom. The number of oxazole rings is 1. The SMILES string of the molecule is Cc1ncoc1-c1ccc([C@H](C)NC(=O)[C@@H]2C[C@@H](O)CN2C(=O)[C@@H](NC(=O)COCC2CC3(C2)CC(COc2ccc(N4C(=S)N(c5ccc(C#N)c(C(F)(F)F)c5)C(=O)C4(C)C)cc2)C3)C(C)(C)C)cc1. The lowest BCUT2D eigenvalue weighted by Gasteiger charge is -2.57. The first kappa shape index (κ1) is 52.0. The zero-order valence-electron chi connectivity index (χ0n) is 41.3. The van der Waals surface area contributed by atoms with Gasteiger partial charge in [-0.15, -0.1) is 0 Å². The van der Waals surface area contributed by atoms with E-state index >= 15 is 0 Å². The molecule has 0 radical (unpaired) electrons. The molecule has 2 saturated carbocycles. The minimum atomic E-state index is -4.80. The zero-order valence-corrected chi connectivity index (χ0v) is 42.2. The number of hydrogen-bond donors (Lipinski definition) is 3. The summed E-state index contributed by atoms with van der Waals surface area (Å²) in [4.78, 5) is 62.9. The van der Waals surface area contributed by atoms with Crippen LogP contribution in [-0.4, -0.2) is 93.8 Å². The van der Waals surface area contributed by atoms with Gasteiger partial charge in [-0.1, -0.05) is 45.0 Å². The number of aliphatic hydroxyl groups is 1. The number of halogens is 3. The molecule has 0 bridgehead atoms. The molecule has 382 valence electrons. The molecule has 4 aromatic rings. The maximum Gasteiger partial charge on any atom is 0.417 e. The average Bonchev–Trinajstić information content (AvgIpc) is 3.96. The largest absolute Gasteiger partial charge is 0.493 e. The van der Waals surface area contributed by atoms with E-state index in [1.807, 2.05) is 58.9 Å². The Morgan fingerprint density at radius 3 is 2.21 bits per heavy atom. The lowest BCUT2D eigenvalue weighted by atomic mass is 9.48. The number of nitrogens with one attached hydrogen (secondary N) is 2. The lowest BCUT2D eigenvalue weighted by Crippen LogP contribution is -2.58. The molecule has 3 heterocycles. The van der Waals surface area contributed by atoms with Crippen LogP contribution in [0.4, 0.5) is 24.5 Å². The van der Waals surface area contributed by atoms with E-state index in [1.54, 1.807) is 49.1 Å². The molecule has 4 atom stereocenters. The van der Waals surface area contributed by atoms with Gasteiger partial charge >= 0.3 is 6.18 Å². The summed E-state index contributed by atoms with van der Waals surface area (Å²) in [5.74, 6) is 0.125. The number of benzene rings is 3. The van der Waals surface area contributed by atoms with Gasteiger partial charge < -0.3 is 39.4 Å². The smallest absolute Gasteiger partial charge is 0.417 e. The Bertz CT molecular complexity index is 2750. The molecule has 2 aliphatic heterocycles. The number of nitrogens with zero attached hydrogens (tertiary/aromatic N) is 5. The number of aryl methyl sites for hydroxylation is 1. The number of amides is 4. The third-order valence-corrected chi connectivity index (χ3v) is 14.8. The predicted octanol–water partition coefficient (Wildman–Crippen LogP) is 8.03. The highest BCUT2D eigenvalue weighted by molar-refractivity contribution is 7.81. The number of carbonyl (C=O) groups excluding carboxylic acids is 4. The Kier molecular flexibility index (Phi) is 14.4. The maximum atomic E-state index is 14.1. The highest BCUT2D eigenvalue weighted by Crippen LogP contribution is 2.61. The van der Waals surface area contributed by atoms with Gasteiger partial charge in [0.1, 0.15) is 30.0 Å². The lowest BCUT2D eigenvalue weighted by molar-refractivity contribution is -0.145. The molecular weight excluding hydrogens is 952 g/mol. The number of aliphatic hydroxyl groups excluding tert-OH is 1. The van der Waals surface area contributed by atoms with Crippen molar-refractivity contribution >= 4 is 52.3 Å². The number of anilines is 2. The molecule has 0 unspecified atom stereocenters. The summed E-state index contributed by atoms with van der Waals surface area (Å²) in [5.41, 5.74) is -0.481. The first-order valence-electron chi connectivity index (χ1n) is 24.1. The third kappa shape index (κ3) is 10.6. The molecule has 19 heteroatoms. The van der Waals surface area contributed by atoms with Crippen molar-refractivity contribution in [2.45, 2.75) is 117 Å². The van der Waals surface area contributed by atoms with Crippen LogP contribution < -0.4 is 25.2 Å². The first-order chi connectivity index (χ1) is 33.9. The third-order valence-electron chi connectivity index (χ3n) is 14.5. The number of thiocarbonyl (C=S) groups is 1. The summed E-state index contributed by atoms with van der Waals surface area (Å²) in [6, 6.07) is 16.9. The van der Waals surface area contributed by atoms with Crippen LogP contribution in [0, 0.1) is 40.9 Å². The molecule has 2 aliphatic carbocycles. The highest BCUT2D eigenvalue weighted by atomic mass is 32.1. The van der Waals surface area contributed by atoms with Gasteiger partial charge in [-0.25, -0.2) is 4.98 Å². The summed E-state index contributed by atoms with van der Waals surface area (Å²) in [7, 11) is 0. The van der Waals surface area contributed by atoms with E-state index in [-0.39, 0.29) is 35.8 Å². The number of aromatic nitrogens is 1. The second-order valence-electron chi connectivity index (χ2n) is 21.4. The molecule has 3 aromatic carbocycles. The van der Waals surface area contributed by atoms with Crippen LogP contribution in [0.5, 0.6) is 5.75 Å². The van der Waals surface area contributed by atoms with Crippen LogP contribution in [0.15, 0.2) is 77.5 Å². The van der Waals surface area contributed by atoms with Crippen LogP contribution in [-0.2, 0) is 30.1 Å². The van der Waals surface area contributed by atoms with E-state index in [9.17, 15) is 42.7 Å².